The average molecular weight is 645 g/mol. The van der Waals surface area contributed by atoms with E-state index in [0.717, 1.165) is 28.1 Å². The molecule has 6 aromatic rings. The van der Waals surface area contributed by atoms with Gasteiger partial charge in [0.2, 0.25) is 0 Å². The number of aromatic nitrogens is 1. The fourth-order valence-corrected chi connectivity index (χ4v) is 6.00. The fourth-order valence-electron chi connectivity index (χ4n) is 6.00. The van der Waals surface area contributed by atoms with E-state index < -0.39 is 0 Å². The molecule has 2 heteroatoms. The van der Waals surface area contributed by atoms with Crippen molar-refractivity contribution in [1.82, 2.24) is 4.57 Å². The number of fused-ring (bicyclic) bond motifs is 3. The summed E-state index contributed by atoms with van der Waals surface area (Å²) in [5, 5.41) is 2.50. The van der Waals surface area contributed by atoms with Gasteiger partial charge in [0.05, 0.1) is 11.0 Å². The lowest BCUT2D eigenvalue weighted by Gasteiger charge is -2.17. The Hall–Kier alpha value is -6.64. The molecule has 1 heterocycles. The zero-order chi connectivity index (χ0) is 34.5. The van der Waals surface area contributed by atoms with Crippen LogP contribution in [0.3, 0.4) is 0 Å². The topological polar surface area (TPSA) is 8.17 Å². The van der Waals surface area contributed by atoms with Crippen LogP contribution in [0.25, 0.3) is 44.2 Å². The van der Waals surface area contributed by atoms with Crippen molar-refractivity contribution in [1.29, 1.82) is 0 Å². The molecule has 0 saturated heterocycles. The van der Waals surface area contributed by atoms with E-state index in [4.69, 9.17) is 0 Å². The number of hydrogen-bond acceptors (Lipinski definition) is 1. The molecule has 0 atom stereocenters. The lowest BCUT2D eigenvalue weighted by molar-refractivity contribution is 1.18. The highest BCUT2D eigenvalue weighted by Crippen LogP contribution is 2.32. The average Bonchev–Trinajstić information content (AvgIpc) is 3.51. The molecule has 0 aliphatic carbocycles. The molecular weight excluding hydrogens is 605 g/mol. The maximum absolute atomic E-state index is 4.02. The van der Waals surface area contributed by atoms with E-state index in [9.17, 15) is 0 Å². The van der Waals surface area contributed by atoms with Crippen molar-refractivity contribution >= 4 is 33.1 Å². The van der Waals surface area contributed by atoms with Crippen LogP contribution in [0.2, 0.25) is 0 Å². The molecule has 0 radical (unpaired) electrons. The lowest BCUT2D eigenvalue weighted by atomic mass is 10.0. The van der Waals surface area contributed by atoms with Crippen molar-refractivity contribution in [3.8, 4) is 16.8 Å². The summed E-state index contributed by atoms with van der Waals surface area (Å²) in [5.74, 6) is 0. The zero-order valence-electron chi connectivity index (χ0n) is 28.1. The van der Waals surface area contributed by atoms with Gasteiger partial charge in [-0.1, -0.05) is 165 Å². The number of anilines is 1. The monoisotopic (exact) mass is 644 g/mol. The number of nitrogens with zero attached hydrogens (tertiary/aromatic N) is 2. The van der Waals surface area contributed by atoms with Crippen molar-refractivity contribution in [3.05, 3.63) is 238 Å². The summed E-state index contributed by atoms with van der Waals surface area (Å²) in [4.78, 5) is 2.13. The SMILES string of the molecule is C=C/C=C\C=CC(/C=C\N(/C=C\C(=C/C=C)c1ccc(-n2c3ccccc3c3ccccc32)cc1)c1ccc(-c2ccccc2)cc1)=C/C=C. The van der Waals surface area contributed by atoms with Gasteiger partial charge in [-0.2, -0.15) is 0 Å². The van der Waals surface area contributed by atoms with Gasteiger partial charge >= 0.3 is 0 Å². The molecule has 0 aliphatic rings. The predicted octanol–water partition coefficient (Wildman–Crippen LogP) is 13.0. The molecule has 0 saturated carbocycles. The molecule has 0 unspecified atom stereocenters. The van der Waals surface area contributed by atoms with Crippen LogP contribution < -0.4 is 4.90 Å². The maximum atomic E-state index is 4.02. The molecule has 5 aromatic carbocycles. The van der Waals surface area contributed by atoms with Crippen molar-refractivity contribution < 1.29 is 0 Å². The predicted molar refractivity (Wildman–Crippen MR) is 218 cm³/mol. The Bertz CT molecular complexity index is 2230. The van der Waals surface area contributed by atoms with Gasteiger partial charge in [-0.15, -0.1) is 0 Å². The summed E-state index contributed by atoms with van der Waals surface area (Å²) in [6, 6.07) is 45.0. The van der Waals surface area contributed by atoms with Crippen molar-refractivity contribution in [2.45, 2.75) is 0 Å². The van der Waals surface area contributed by atoms with Crippen LogP contribution in [0.1, 0.15) is 5.56 Å². The van der Waals surface area contributed by atoms with Gasteiger partial charge in [-0.25, -0.2) is 0 Å². The zero-order valence-corrected chi connectivity index (χ0v) is 28.1. The minimum atomic E-state index is 1.01. The minimum absolute atomic E-state index is 1.01. The first-order valence-corrected chi connectivity index (χ1v) is 16.7. The van der Waals surface area contributed by atoms with E-state index in [1.54, 1.807) is 12.2 Å². The van der Waals surface area contributed by atoms with Crippen LogP contribution in [-0.4, -0.2) is 4.57 Å². The van der Waals surface area contributed by atoms with Crippen LogP contribution in [0.15, 0.2) is 232 Å². The molecule has 1 aromatic heterocycles. The Balaban J connectivity index is 1.33. The number of hydrogen-bond donors (Lipinski definition) is 0. The van der Waals surface area contributed by atoms with Gasteiger partial charge in [0.25, 0.3) is 0 Å². The molecular formula is C48H40N2. The van der Waals surface area contributed by atoms with E-state index >= 15 is 0 Å². The Morgan fingerprint density at radius 1 is 0.500 bits per heavy atom. The highest BCUT2D eigenvalue weighted by atomic mass is 15.1. The molecule has 0 spiro atoms. The molecule has 0 amide bonds. The van der Waals surface area contributed by atoms with Gasteiger partial charge in [-0.3, -0.25) is 0 Å². The quantitative estimate of drug-likeness (QED) is 0.114. The van der Waals surface area contributed by atoms with Gasteiger partial charge < -0.3 is 9.47 Å². The lowest BCUT2D eigenvalue weighted by Crippen LogP contribution is -2.07. The second kappa shape index (κ2) is 16.5. The third-order valence-electron chi connectivity index (χ3n) is 8.41. The molecule has 0 aliphatic heterocycles. The van der Waals surface area contributed by atoms with Crippen LogP contribution in [0.5, 0.6) is 0 Å². The van der Waals surface area contributed by atoms with Crippen molar-refractivity contribution in [3.63, 3.8) is 0 Å². The Labute approximate surface area is 296 Å². The largest absolute Gasteiger partial charge is 0.324 e. The number of allylic oxidation sites excluding steroid dienone is 13. The third kappa shape index (κ3) is 7.73. The number of rotatable bonds is 13. The number of para-hydroxylation sites is 2. The number of benzene rings is 5. The molecule has 6 rings (SSSR count). The second-order valence-corrected chi connectivity index (χ2v) is 11.6. The van der Waals surface area contributed by atoms with Gasteiger partial charge in [0, 0.05) is 34.5 Å². The molecule has 50 heavy (non-hydrogen) atoms. The Morgan fingerprint density at radius 2 is 1.10 bits per heavy atom. The van der Waals surface area contributed by atoms with Crippen LogP contribution in [0, 0.1) is 0 Å². The third-order valence-corrected chi connectivity index (χ3v) is 8.41. The van der Waals surface area contributed by atoms with Crippen LogP contribution in [-0.2, 0) is 0 Å². The summed E-state index contributed by atoms with van der Waals surface area (Å²) in [5.41, 5.74) is 10.0. The highest BCUT2D eigenvalue weighted by molar-refractivity contribution is 6.09. The molecule has 0 fully saturated rings. The Kier molecular flexibility index (Phi) is 10.9. The van der Waals surface area contributed by atoms with Gasteiger partial charge in [0.15, 0.2) is 0 Å². The summed E-state index contributed by atoms with van der Waals surface area (Å²) in [7, 11) is 0. The molecule has 0 N–H and O–H groups in total. The van der Waals surface area contributed by atoms with Crippen LogP contribution in [0.4, 0.5) is 5.69 Å². The fraction of sp³-hybridized carbons (Fsp3) is 0. The van der Waals surface area contributed by atoms with Crippen LogP contribution >= 0.6 is 0 Å². The first-order chi connectivity index (χ1) is 24.7. The van der Waals surface area contributed by atoms with E-state index in [2.05, 4.69) is 175 Å². The van der Waals surface area contributed by atoms with Gasteiger partial charge in [-0.05, 0) is 76.4 Å². The van der Waals surface area contributed by atoms with Crippen molar-refractivity contribution in [2.24, 2.45) is 0 Å². The van der Waals surface area contributed by atoms with Crippen molar-refractivity contribution in [2.75, 3.05) is 4.90 Å². The summed E-state index contributed by atoms with van der Waals surface area (Å²) in [6.45, 7) is 11.7. The normalized spacial score (nSPS) is 12.6. The first kappa shape index (κ1) is 33.3. The summed E-state index contributed by atoms with van der Waals surface area (Å²) < 4.78 is 2.34. The maximum Gasteiger partial charge on any atom is 0.0541 e. The highest BCUT2D eigenvalue weighted by Gasteiger charge is 2.11. The van der Waals surface area contributed by atoms with E-state index in [-0.39, 0.29) is 0 Å². The van der Waals surface area contributed by atoms with Gasteiger partial charge in [0.1, 0.15) is 0 Å². The molecule has 0 bridgehead atoms. The second-order valence-electron chi connectivity index (χ2n) is 11.6. The van der Waals surface area contributed by atoms with E-state index in [1.807, 2.05) is 48.6 Å². The summed E-state index contributed by atoms with van der Waals surface area (Å²) >= 11 is 0. The standard InChI is InChI=1S/C48H40N2/c1-4-7-8-10-19-38(17-5-2)34-36-49(43-30-26-42(27-31-43)40-20-11-9-12-21-40)37-35-39(18-6-3)41-28-32-44(33-29-41)50-47-24-15-13-22-45(47)46-23-14-16-25-48(46)50/h4-37H,1-3H2/b8-7-,19-10?,36-34-,37-35-,38-17-,39-18+. The Morgan fingerprint density at radius 3 is 1.74 bits per heavy atom. The minimum Gasteiger partial charge on any atom is -0.324 e. The van der Waals surface area contributed by atoms with E-state index in [0.29, 0.717) is 0 Å². The molecule has 2 nitrogen and oxygen atoms in total. The van der Waals surface area contributed by atoms with E-state index in [1.165, 1.54) is 32.9 Å². The smallest absolute Gasteiger partial charge is 0.0541 e. The summed E-state index contributed by atoms with van der Waals surface area (Å²) in [6.07, 6.45) is 25.7. The molecule has 242 valence electrons. The first-order valence-electron chi connectivity index (χ1n) is 16.7.